The number of ether oxygens (including phenoxy) is 1. The Bertz CT molecular complexity index is 728. The van der Waals surface area contributed by atoms with Crippen LogP contribution in [-0.2, 0) is 4.79 Å². The maximum Gasteiger partial charge on any atom is 0.226 e. The van der Waals surface area contributed by atoms with Crippen molar-refractivity contribution in [3.8, 4) is 5.75 Å². The summed E-state index contributed by atoms with van der Waals surface area (Å²) in [5.41, 5.74) is 2.44. The van der Waals surface area contributed by atoms with Gasteiger partial charge in [0.05, 0.1) is 13.2 Å². The number of methoxy groups -OCH3 is 1. The third-order valence-corrected chi connectivity index (χ3v) is 5.37. The van der Waals surface area contributed by atoms with Crippen molar-refractivity contribution in [2.24, 2.45) is 5.92 Å². The lowest BCUT2D eigenvalue weighted by molar-refractivity contribution is -0.133. The smallest absolute Gasteiger partial charge is 0.226 e. The summed E-state index contributed by atoms with van der Waals surface area (Å²) in [6, 6.07) is 18.8. The molecule has 0 bridgehead atoms. The van der Waals surface area contributed by atoms with Gasteiger partial charge < -0.3 is 9.64 Å². The molecule has 2 fully saturated rings. The second-order valence-corrected chi connectivity index (χ2v) is 6.79. The molecule has 4 rings (SSSR count). The van der Waals surface area contributed by atoms with E-state index >= 15 is 0 Å². The first-order chi connectivity index (χ1) is 11.8. The lowest BCUT2D eigenvalue weighted by Gasteiger charge is -2.25. The SMILES string of the molecule is COc1ccccc1C1CC1C(=O)N1CCCC1c1ccccc1. The zero-order valence-corrected chi connectivity index (χ0v) is 14.0. The summed E-state index contributed by atoms with van der Waals surface area (Å²) in [6.07, 6.45) is 3.11. The van der Waals surface area contributed by atoms with Crippen molar-refractivity contribution in [1.29, 1.82) is 0 Å². The van der Waals surface area contributed by atoms with Gasteiger partial charge in [0.2, 0.25) is 5.91 Å². The fourth-order valence-electron chi connectivity index (χ4n) is 4.05. The summed E-state index contributed by atoms with van der Waals surface area (Å²) in [5.74, 6) is 1.65. The van der Waals surface area contributed by atoms with Crippen LogP contribution in [-0.4, -0.2) is 24.5 Å². The zero-order valence-electron chi connectivity index (χ0n) is 14.0. The van der Waals surface area contributed by atoms with E-state index in [2.05, 4.69) is 35.2 Å². The predicted octanol–water partition coefficient (Wildman–Crippen LogP) is 4.16. The number of hydrogen-bond donors (Lipinski definition) is 0. The topological polar surface area (TPSA) is 29.5 Å². The van der Waals surface area contributed by atoms with E-state index in [9.17, 15) is 4.79 Å². The summed E-state index contributed by atoms with van der Waals surface area (Å²) in [4.78, 5) is 15.2. The molecule has 0 aromatic heterocycles. The van der Waals surface area contributed by atoms with Crippen LogP contribution >= 0.6 is 0 Å². The number of carbonyl (C=O) groups excluding carboxylic acids is 1. The van der Waals surface area contributed by atoms with Crippen LogP contribution < -0.4 is 4.74 Å². The molecule has 0 spiro atoms. The quantitative estimate of drug-likeness (QED) is 0.846. The molecule has 2 aromatic rings. The van der Waals surface area contributed by atoms with E-state index in [0.717, 1.165) is 31.6 Å². The van der Waals surface area contributed by atoms with Crippen molar-refractivity contribution in [3.05, 3.63) is 65.7 Å². The highest BCUT2D eigenvalue weighted by Crippen LogP contribution is 2.52. The molecule has 1 heterocycles. The first kappa shape index (κ1) is 15.3. The number of carbonyl (C=O) groups is 1. The minimum Gasteiger partial charge on any atom is -0.496 e. The molecule has 124 valence electrons. The summed E-state index contributed by atoms with van der Waals surface area (Å²) in [6.45, 7) is 0.882. The normalized spacial score (nSPS) is 25.5. The lowest BCUT2D eigenvalue weighted by atomic mass is 10.0. The Morgan fingerprint density at radius 1 is 1.08 bits per heavy atom. The van der Waals surface area contributed by atoms with Gasteiger partial charge in [-0.2, -0.15) is 0 Å². The van der Waals surface area contributed by atoms with Gasteiger partial charge in [-0.05, 0) is 42.4 Å². The molecule has 3 heteroatoms. The molecule has 24 heavy (non-hydrogen) atoms. The van der Waals surface area contributed by atoms with Gasteiger partial charge in [-0.25, -0.2) is 0 Å². The molecule has 2 aromatic carbocycles. The van der Waals surface area contributed by atoms with E-state index in [1.807, 2.05) is 24.3 Å². The summed E-state index contributed by atoms with van der Waals surface area (Å²) in [7, 11) is 1.70. The Labute approximate surface area is 143 Å². The van der Waals surface area contributed by atoms with Crippen LogP contribution in [0.15, 0.2) is 54.6 Å². The Kier molecular flexibility index (Phi) is 4.01. The van der Waals surface area contributed by atoms with Crippen LogP contribution in [0.2, 0.25) is 0 Å². The Morgan fingerprint density at radius 3 is 2.62 bits per heavy atom. The van der Waals surface area contributed by atoms with Crippen molar-refractivity contribution in [3.63, 3.8) is 0 Å². The monoisotopic (exact) mass is 321 g/mol. The van der Waals surface area contributed by atoms with Crippen LogP contribution in [0.1, 0.15) is 42.3 Å². The number of amides is 1. The molecule has 1 aliphatic heterocycles. The lowest BCUT2D eigenvalue weighted by Crippen LogP contribution is -2.32. The molecule has 1 aliphatic carbocycles. The molecule has 3 nitrogen and oxygen atoms in total. The molecule has 3 unspecified atom stereocenters. The third kappa shape index (κ3) is 2.68. The van der Waals surface area contributed by atoms with E-state index in [1.54, 1.807) is 7.11 Å². The van der Waals surface area contributed by atoms with Gasteiger partial charge in [-0.1, -0.05) is 48.5 Å². The fraction of sp³-hybridized carbons (Fsp3) is 0.381. The van der Waals surface area contributed by atoms with Gasteiger partial charge in [-0.3, -0.25) is 4.79 Å². The first-order valence-electron chi connectivity index (χ1n) is 8.78. The summed E-state index contributed by atoms with van der Waals surface area (Å²) in [5, 5.41) is 0. The van der Waals surface area contributed by atoms with Crippen molar-refractivity contribution >= 4 is 5.91 Å². The van der Waals surface area contributed by atoms with Crippen molar-refractivity contribution < 1.29 is 9.53 Å². The maximum atomic E-state index is 13.1. The van der Waals surface area contributed by atoms with E-state index < -0.39 is 0 Å². The highest BCUT2D eigenvalue weighted by Gasteiger charge is 2.48. The molecule has 1 amide bonds. The maximum absolute atomic E-state index is 13.1. The van der Waals surface area contributed by atoms with E-state index in [4.69, 9.17) is 4.74 Å². The second-order valence-electron chi connectivity index (χ2n) is 6.79. The predicted molar refractivity (Wildman–Crippen MR) is 94.0 cm³/mol. The van der Waals surface area contributed by atoms with Crippen LogP contribution in [0.3, 0.4) is 0 Å². The Balaban J connectivity index is 1.51. The first-order valence-corrected chi connectivity index (χ1v) is 8.78. The highest BCUT2D eigenvalue weighted by atomic mass is 16.5. The number of likely N-dealkylation sites (tertiary alicyclic amines) is 1. The average Bonchev–Trinajstić information content (AvgIpc) is 3.29. The molecular formula is C21H23NO2. The standard InChI is InChI=1S/C21H23NO2/c1-24-20-12-6-5-10-16(20)17-14-18(17)21(23)22-13-7-11-19(22)15-8-3-2-4-9-15/h2-6,8-10,12,17-19H,7,11,13-14H2,1H3. The number of nitrogens with zero attached hydrogens (tertiary/aromatic N) is 1. The Morgan fingerprint density at radius 2 is 1.83 bits per heavy atom. The van der Waals surface area contributed by atoms with Crippen LogP contribution in [0, 0.1) is 5.92 Å². The molecule has 2 aliphatic rings. The van der Waals surface area contributed by atoms with Gasteiger partial charge in [0.15, 0.2) is 0 Å². The van der Waals surface area contributed by atoms with Crippen molar-refractivity contribution in [2.75, 3.05) is 13.7 Å². The van der Waals surface area contributed by atoms with Crippen molar-refractivity contribution in [1.82, 2.24) is 4.90 Å². The van der Waals surface area contributed by atoms with Gasteiger partial charge >= 0.3 is 0 Å². The molecule has 3 atom stereocenters. The number of benzene rings is 2. The fourth-order valence-corrected chi connectivity index (χ4v) is 4.05. The molecule has 0 N–H and O–H groups in total. The molecule has 1 saturated heterocycles. The van der Waals surface area contributed by atoms with Gasteiger partial charge in [0, 0.05) is 12.5 Å². The van der Waals surface area contributed by atoms with Gasteiger partial charge in [0.1, 0.15) is 5.75 Å². The van der Waals surface area contributed by atoms with E-state index in [-0.39, 0.29) is 12.0 Å². The Hall–Kier alpha value is -2.29. The van der Waals surface area contributed by atoms with Crippen molar-refractivity contribution in [2.45, 2.75) is 31.2 Å². The van der Waals surface area contributed by atoms with Crippen LogP contribution in [0.5, 0.6) is 5.75 Å². The summed E-state index contributed by atoms with van der Waals surface area (Å²) < 4.78 is 5.47. The largest absolute Gasteiger partial charge is 0.496 e. The average molecular weight is 321 g/mol. The van der Waals surface area contributed by atoms with Gasteiger partial charge in [-0.15, -0.1) is 0 Å². The molecular weight excluding hydrogens is 298 g/mol. The van der Waals surface area contributed by atoms with E-state index in [1.165, 1.54) is 11.1 Å². The third-order valence-electron chi connectivity index (χ3n) is 5.37. The number of rotatable bonds is 4. The number of para-hydroxylation sites is 1. The van der Waals surface area contributed by atoms with Crippen LogP contribution in [0.4, 0.5) is 0 Å². The van der Waals surface area contributed by atoms with E-state index in [0.29, 0.717) is 11.8 Å². The second kappa shape index (κ2) is 6.31. The van der Waals surface area contributed by atoms with Gasteiger partial charge in [0.25, 0.3) is 0 Å². The highest BCUT2D eigenvalue weighted by molar-refractivity contribution is 5.84. The minimum atomic E-state index is 0.116. The number of hydrogen-bond acceptors (Lipinski definition) is 2. The minimum absolute atomic E-state index is 0.116. The zero-order chi connectivity index (χ0) is 16.5. The summed E-state index contributed by atoms with van der Waals surface area (Å²) >= 11 is 0. The molecule has 1 saturated carbocycles. The molecule has 0 radical (unpaired) electrons. The van der Waals surface area contributed by atoms with Crippen LogP contribution in [0.25, 0.3) is 0 Å².